The van der Waals surface area contributed by atoms with Gasteiger partial charge in [0.2, 0.25) is 0 Å². The third kappa shape index (κ3) is 2.27. The molecule has 1 aromatic carbocycles. The van der Waals surface area contributed by atoms with E-state index in [-0.39, 0.29) is 5.91 Å². The average molecular weight is 245 g/mol. The summed E-state index contributed by atoms with van der Waals surface area (Å²) >= 11 is 0. The van der Waals surface area contributed by atoms with E-state index >= 15 is 0 Å². The van der Waals surface area contributed by atoms with Crippen molar-refractivity contribution in [2.24, 2.45) is 5.92 Å². The molecule has 1 aromatic rings. The summed E-state index contributed by atoms with van der Waals surface area (Å²) in [7, 11) is 0. The molecule has 0 N–H and O–H groups in total. The zero-order valence-corrected chi connectivity index (χ0v) is 10.5. The molecule has 1 aliphatic carbocycles. The topological polar surface area (TPSA) is 29.5 Å². The van der Waals surface area contributed by atoms with Gasteiger partial charge in [-0.15, -0.1) is 0 Å². The van der Waals surface area contributed by atoms with Crippen LogP contribution in [0.15, 0.2) is 30.3 Å². The van der Waals surface area contributed by atoms with Crippen molar-refractivity contribution in [3.63, 3.8) is 0 Å². The number of carbonyl (C=O) groups is 1. The van der Waals surface area contributed by atoms with Gasteiger partial charge < -0.3 is 9.64 Å². The van der Waals surface area contributed by atoms with Crippen LogP contribution in [0.3, 0.4) is 0 Å². The number of benzene rings is 1. The van der Waals surface area contributed by atoms with Gasteiger partial charge in [-0.05, 0) is 25.0 Å². The van der Waals surface area contributed by atoms with Crippen LogP contribution in [-0.2, 0) is 4.74 Å². The summed E-state index contributed by atoms with van der Waals surface area (Å²) in [5.74, 6) is 0.639. The average Bonchev–Trinajstić information content (AvgIpc) is 2.47. The van der Waals surface area contributed by atoms with Gasteiger partial charge in [-0.1, -0.05) is 31.0 Å². The van der Waals surface area contributed by atoms with Gasteiger partial charge in [-0.2, -0.15) is 0 Å². The Morgan fingerprint density at radius 1 is 1.17 bits per heavy atom. The Morgan fingerprint density at radius 2 is 1.94 bits per heavy atom. The van der Waals surface area contributed by atoms with Gasteiger partial charge in [0, 0.05) is 18.0 Å². The first-order valence-corrected chi connectivity index (χ1v) is 6.80. The van der Waals surface area contributed by atoms with Crippen LogP contribution in [0.2, 0.25) is 0 Å². The molecule has 1 aliphatic heterocycles. The molecule has 2 fully saturated rings. The SMILES string of the molecule is O=C(c1ccccc1)N1CO[C@@H]2CCCC[C@H]2C1. The number of hydrogen-bond acceptors (Lipinski definition) is 2. The minimum atomic E-state index is 0.0969. The normalized spacial score (nSPS) is 27.7. The van der Waals surface area contributed by atoms with Crippen LogP contribution in [-0.4, -0.2) is 30.2 Å². The van der Waals surface area contributed by atoms with E-state index in [0.29, 0.717) is 18.8 Å². The largest absolute Gasteiger partial charge is 0.357 e. The van der Waals surface area contributed by atoms with E-state index in [0.717, 1.165) is 18.5 Å². The fourth-order valence-corrected chi connectivity index (χ4v) is 3.03. The molecule has 2 aliphatic rings. The lowest BCUT2D eigenvalue weighted by Gasteiger charge is -2.41. The van der Waals surface area contributed by atoms with Gasteiger partial charge in [-0.25, -0.2) is 0 Å². The van der Waals surface area contributed by atoms with E-state index in [1.165, 1.54) is 19.3 Å². The Balaban J connectivity index is 1.69. The van der Waals surface area contributed by atoms with Crippen LogP contribution in [0.5, 0.6) is 0 Å². The molecule has 2 atom stereocenters. The molecule has 1 heterocycles. The molecule has 0 spiro atoms. The van der Waals surface area contributed by atoms with Gasteiger partial charge in [-0.3, -0.25) is 4.79 Å². The number of rotatable bonds is 1. The number of fused-ring (bicyclic) bond motifs is 1. The maximum atomic E-state index is 12.3. The quantitative estimate of drug-likeness (QED) is 0.761. The van der Waals surface area contributed by atoms with Gasteiger partial charge in [0.15, 0.2) is 0 Å². The van der Waals surface area contributed by atoms with E-state index < -0.39 is 0 Å². The van der Waals surface area contributed by atoms with Crippen LogP contribution in [0.4, 0.5) is 0 Å². The second-order valence-corrected chi connectivity index (χ2v) is 5.27. The summed E-state index contributed by atoms with van der Waals surface area (Å²) in [6.45, 7) is 1.31. The molecule has 0 aromatic heterocycles. The predicted molar refractivity (Wildman–Crippen MR) is 69.2 cm³/mol. The van der Waals surface area contributed by atoms with Crippen molar-refractivity contribution in [1.82, 2.24) is 4.90 Å². The fourth-order valence-electron chi connectivity index (χ4n) is 3.03. The Kier molecular flexibility index (Phi) is 3.33. The summed E-state index contributed by atoms with van der Waals surface area (Å²) in [6.07, 6.45) is 5.30. The molecule has 18 heavy (non-hydrogen) atoms. The van der Waals surface area contributed by atoms with E-state index in [1.807, 2.05) is 35.2 Å². The summed E-state index contributed by atoms with van der Waals surface area (Å²) in [5.41, 5.74) is 0.760. The Bertz CT molecular complexity index is 418. The lowest BCUT2D eigenvalue weighted by atomic mass is 9.85. The van der Waals surface area contributed by atoms with Crippen molar-refractivity contribution in [2.75, 3.05) is 13.3 Å². The van der Waals surface area contributed by atoms with Crippen molar-refractivity contribution in [2.45, 2.75) is 31.8 Å². The van der Waals surface area contributed by atoms with Crippen LogP contribution in [0, 0.1) is 5.92 Å². The molecule has 0 bridgehead atoms. The molecular formula is C15H19NO2. The molecule has 3 nitrogen and oxygen atoms in total. The second-order valence-electron chi connectivity index (χ2n) is 5.27. The molecule has 0 radical (unpaired) electrons. The van der Waals surface area contributed by atoms with Crippen LogP contribution in [0.1, 0.15) is 36.0 Å². The highest BCUT2D eigenvalue weighted by Crippen LogP contribution is 2.31. The lowest BCUT2D eigenvalue weighted by molar-refractivity contribution is -0.102. The first kappa shape index (κ1) is 11.7. The maximum Gasteiger partial charge on any atom is 0.255 e. The van der Waals surface area contributed by atoms with Crippen molar-refractivity contribution in [3.8, 4) is 0 Å². The maximum absolute atomic E-state index is 12.3. The van der Waals surface area contributed by atoms with Crippen LogP contribution in [0.25, 0.3) is 0 Å². The summed E-state index contributed by atoms with van der Waals surface area (Å²) < 4.78 is 5.84. The molecule has 1 amide bonds. The minimum Gasteiger partial charge on any atom is -0.357 e. The summed E-state index contributed by atoms with van der Waals surface area (Å²) in [6, 6.07) is 9.48. The highest BCUT2D eigenvalue weighted by Gasteiger charge is 2.33. The number of amides is 1. The van der Waals surface area contributed by atoms with Crippen molar-refractivity contribution >= 4 is 5.91 Å². The third-order valence-corrected chi connectivity index (χ3v) is 4.05. The Labute approximate surface area is 108 Å². The van der Waals surface area contributed by atoms with Crippen molar-refractivity contribution in [1.29, 1.82) is 0 Å². The molecule has 0 unspecified atom stereocenters. The molecule has 3 rings (SSSR count). The van der Waals surface area contributed by atoms with E-state index in [2.05, 4.69) is 0 Å². The standard InChI is InChI=1S/C15H19NO2/c17-15(12-6-2-1-3-7-12)16-10-13-8-4-5-9-14(13)18-11-16/h1-3,6-7,13-14H,4-5,8-11H2/t13-,14+/m0/s1. The number of hydrogen-bond donors (Lipinski definition) is 0. The summed E-state index contributed by atoms with van der Waals surface area (Å²) in [4.78, 5) is 14.2. The number of carbonyl (C=O) groups excluding carboxylic acids is 1. The first-order valence-electron chi connectivity index (χ1n) is 6.80. The first-order chi connectivity index (χ1) is 8.84. The second kappa shape index (κ2) is 5.11. The molecule has 1 saturated carbocycles. The predicted octanol–water partition coefficient (Wildman–Crippen LogP) is 2.68. The van der Waals surface area contributed by atoms with E-state index in [4.69, 9.17) is 4.74 Å². The third-order valence-electron chi connectivity index (χ3n) is 4.05. The van der Waals surface area contributed by atoms with E-state index in [1.54, 1.807) is 0 Å². The smallest absolute Gasteiger partial charge is 0.255 e. The van der Waals surface area contributed by atoms with E-state index in [9.17, 15) is 4.79 Å². The molecule has 96 valence electrons. The van der Waals surface area contributed by atoms with Gasteiger partial charge >= 0.3 is 0 Å². The Morgan fingerprint density at radius 3 is 2.78 bits per heavy atom. The summed E-state index contributed by atoms with van der Waals surface area (Å²) in [5, 5.41) is 0. The highest BCUT2D eigenvalue weighted by atomic mass is 16.5. The van der Waals surface area contributed by atoms with Gasteiger partial charge in [0.1, 0.15) is 6.73 Å². The van der Waals surface area contributed by atoms with Gasteiger partial charge in [0.25, 0.3) is 5.91 Å². The fraction of sp³-hybridized carbons (Fsp3) is 0.533. The van der Waals surface area contributed by atoms with Crippen molar-refractivity contribution < 1.29 is 9.53 Å². The van der Waals surface area contributed by atoms with Crippen molar-refractivity contribution in [3.05, 3.63) is 35.9 Å². The zero-order valence-electron chi connectivity index (χ0n) is 10.5. The van der Waals surface area contributed by atoms with Crippen LogP contribution < -0.4 is 0 Å². The van der Waals surface area contributed by atoms with Gasteiger partial charge in [0.05, 0.1) is 6.10 Å². The van der Waals surface area contributed by atoms with Crippen LogP contribution >= 0.6 is 0 Å². The molecule has 3 heteroatoms. The Hall–Kier alpha value is -1.35. The monoisotopic (exact) mass is 245 g/mol. The lowest BCUT2D eigenvalue weighted by Crippen LogP contribution is -2.48. The number of nitrogens with zero attached hydrogens (tertiary/aromatic N) is 1. The zero-order chi connectivity index (χ0) is 12.4. The molecular weight excluding hydrogens is 226 g/mol. The molecule has 1 saturated heterocycles. The highest BCUT2D eigenvalue weighted by molar-refractivity contribution is 5.94. The minimum absolute atomic E-state index is 0.0969. The number of ether oxygens (including phenoxy) is 1.